The molecule has 0 aromatic carbocycles. The number of carbonyl (C=O) groups is 2. The maximum atomic E-state index is 11.5. The lowest BCUT2D eigenvalue weighted by atomic mass is 9.93. The highest BCUT2D eigenvalue weighted by Crippen LogP contribution is 2.41. The molecule has 10 heteroatoms. The molecule has 9 nitrogen and oxygen atoms in total. The molecule has 0 radical (unpaired) electrons. The van der Waals surface area contributed by atoms with Crippen LogP contribution in [-0.4, -0.2) is 50.7 Å². The van der Waals surface area contributed by atoms with Gasteiger partial charge in [0.1, 0.15) is 23.9 Å². The number of ether oxygens (including phenoxy) is 2. The number of aliphatic hydroxyl groups is 1. The molecule has 0 spiro atoms. The van der Waals surface area contributed by atoms with Gasteiger partial charge in [0.15, 0.2) is 0 Å². The van der Waals surface area contributed by atoms with E-state index in [2.05, 4.69) is 0 Å². The van der Waals surface area contributed by atoms with Crippen LogP contribution in [0, 0.1) is 0 Å². The van der Waals surface area contributed by atoms with Gasteiger partial charge in [0.25, 0.3) is 0 Å². The first-order valence-corrected chi connectivity index (χ1v) is 11.1. The third-order valence-corrected chi connectivity index (χ3v) is 4.60. The van der Waals surface area contributed by atoms with E-state index in [1.165, 1.54) is 38.2 Å². The number of phosphoric ester groups is 1. The number of cyclic esters (lactones) is 1. The van der Waals surface area contributed by atoms with Crippen molar-refractivity contribution in [3.8, 4) is 0 Å². The van der Waals surface area contributed by atoms with Gasteiger partial charge in [0.05, 0.1) is 0 Å². The standard InChI is InChI=1S/C21H29O9P/c1-4-5-6-7-8-10-18(28-16(2)22)15-19(30-31(25,26)27)21(3,24)14-13-17-11-9-12-20(23)29-17/h4-10,12-14,17-19,24H,11,15H2,1-3H3,(H2,25,26,27). The fourth-order valence-corrected chi connectivity index (χ4v) is 3.26. The van der Waals surface area contributed by atoms with Gasteiger partial charge in [-0.15, -0.1) is 0 Å². The van der Waals surface area contributed by atoms with Gasteiger partial charge in [-0.3, -0.25) is 9.32 Å². The largest absolute Gasteiger partial charge is 0.469 e. The summed E-state index contributed by atoms with van der Waals surface area (Å²) in [6.45, 7) is 4.32. The van der Waals surface area contributed by atoms with E-state index in [1.807, 2.05) is 13.0 Å². The third-order valence-electron chi connectivity index (χ3n) is 4.07. The molecule has 4 atom stereocenters. The number of allylic oxidation sites excluding steroid dienone is 5. The first-order valence-electron chi connectivity index (χ1n) is 9.59. The molecule has 0 bridgehead atoms. The summed E-state index contributed by atoms with van der Waals surface area (Å²) in [5.74, 6) is -1.15. The Morgan fingerprint density at radius 2 is 2.03 bits per heavy atom. The van der Waals surface area contributed by atoms with Gasteiger partial charge < -0.3 is 24.4 Å². The van der Waals surface area contributed by atoms with Gasteiger partial charge in [-0.25, -0.2) is 9.36 Å². The SMILES string of the molecule is CC=CC=CC=CC(CC(OP(=O)(O)O)C(C)(O)C=CC1CC=CC(=O)O1)OC(C)=O. The van der Waals surface area contributed by atoms with E-state index in [4.69, 9.17) is 14.0 Å². The predicted octanol–water partition coefficient (Wildman–Crippen LogP) is 2.65. The molecule has 172 valence electrons. The molecular weight excluding hydrogens is 427 g/mol. The first-order chi connectivity index (χ1) is 14.4. The molecule has 0 aromatic rings. The summed E-state index contributed by atoms with van der Waals surface area (Å²) in [5.41, 5.74) is -1.89. The Morgan fingerprint density at radius 3 is 2.61 bits per heavy atom. The fourth-order valence-electron chi connectivity index (χ4n) is 2.63. The summed E-state index contributed by atoms with van der Waals surface area (Å²) in [5, 5.41) is 10.9. The zero-order chi connectivity index (χ0) is 23.5. The summed E-state index contributed by atoms with van der Waals surface area (Å²) < 4.78 is 26.5. The normalized spacial score (nSPS) is 21.6. The zero-order valence-electron chi connectivity index (χ0n) is 17.7. The van der Waals surface area contributed by atoms with Crippen molar-refractivity contribution in [2.24, 2.45) is 0 Å². The molecule has 0 amide bonds. The second-order valence-electron chi connectivity index (χ2n) is 6.96. The van der Waals surface area contributed by atoms with Gasteiger partial charge in [0, 0.05) is 25.8 Å². The van der Waals surface area contributed by atoms with E-state index in [0.717, 1.165) is 0 Å². The van der Waals surface area contributed by atoms with Gasteiger partial charge in [-0.05, 0) is 26.0 Å². The molecule has 4 unspecified atom stereocenters. The Morgan fingerprint density at radius 1 is 1.35 bits per heavy atom. The predicted molar refractivity (Wildman–Crippen MR) is 114 cm³/mol. The maximum Gasteiger partial charge on any atom is 0.469 e. The molecule has 0 saturated heterocycles. The highest BCUT2D eigenvalue weighted by molar-refractivity contribution is 7.46. The zero-order valence-corrected chi connectivity index (χ0v) is 18.6. The number of hydrogen-bond donors (Lipinski definition) is 3. The lowest BCUT2D eigenvalue weighted by Gasteiger charge is -2.32. The summed E-state index contributed by atoms with van der Waals surface area (Å²) in [6.07, 6.45) is 12.8. The van der Waals surface area contributed by atoms with Crippen LogP contribution in [0.2, 0.25) is 0 Å². The number of carbonyl (C=O) groups excluding carboxylic acids is 2. The number of phosphoric acid groups is 1. The van der Waals surface area contributed by atoms with Crippen molar-refractivity contribution in [2.45, 2.75) is 57.5 Å². The molecule has 0 fully saturated rings. The topological polar surface area (TPSA) is 140 Å². The Hall–Kier alpha value is -2.29. The highest BCUT2D eigenvalue weighted by Gasteiger charge is 2.38. The Balaban J connectivity index is 3.06. The molecule has 0 saturated carbocycles. The Labute approximate surface area is 181 Å². The average molecular weight is 456 g/mol. The average Bonchev–Trinajstić information content (AvgIpc) is 2.64. The lowest BCUT2D eigenvalue weighted by Crippen LogP contribution is -2.42. The Bertz CT molecular complexity index is 802. The van der Waals surface area contributed by atoms with Crippen molar-refractivity contribution in [1.29, 1.82) is 0 Å². The van der Waals surface area contributed by atoms with E-state index >= 15 is 0 Å². The van der Waals surface area contributed by atoms with Gasteiger partial charge >= 0.3 is 19.8 Å². The minimum Gasteiger partial charge on any atom is -0.458 e. The second-order valence-corrected chi connectivity index (χ2v) is 8.15. The van der Waals surface area contributed by atoms with E-state index in [9.17, 15) is 29.0 Å². The van der Waals surface area contributed by atoms with Crippen LogP contribution in [0.25, 0.3) is 0 Å². The fraction of sp³-hybridized carbons (Fsp3) is 0.429. The summed E-state index contributed by atoms with van der Waals surface area (Å²) in [4.78, 5) is 41.4. The Kier molecular flexibility index (Phi) is 10.8. The van der Waals surface area contributed by atoms with Crippen LogP contribution in [0.3, 0.4) is 0 Å². The van der Waals surface area contributed by atoms with E-state index in [0.29, 0.717) is 6.42 Å². The molecule has 1 aliphatic rings. The first kappa shape index (κ1) is 26.7. The second kappa shape index (κ2) is 12.5. The monoisotopic (exact) mass is 456 g/mol. The number of rotatable bonds is 11. The van der Waals surface area contributed by atoms with Crippen LogP contribution in [-0.2, 0) is 28.2 Å². The van der Waals surface area contributed by atoms with Crippen molar-refractivity contribution in [3.05, 3.63) is 60.8 Å². The quantitative estimate of drug-likeness (QED) is 0.185. The van der Waals surface area contributed by atoms with E-state index in [1.54, 1.807) is 30.4 Å². The maximum absolute atomic E-state index is 11.5. The minimum absolute atomic E-state index is 0.250. The van der Waals surface area contributed by atoms with E-state index < -0.39 is 43.7 Å². The molecule has 3 N–H and O–H groups in total. The molecule has 0 aliphatic carbocycles. The van der Waals surface area contributed by atoms with Crippen LogP contribution in [0.15, 0.2) is 60.8 Å². The number of esters is 2. The van der Waals surface area contributed by atoms with Crippen molar-refractivity contribution in [2.75, 3.05) is 0 Å². The van der Waals surface area contributed by atoms with Crippen molar-refractivity contribution >= 4 is 19.8 Å². The van der Waals surface area contributed by atoms with Crippen molar-refractivity contribution < 1.29 is 43.0 Å². The molecule has 1 heterocycles. The van der Waals surface area contributed by atoms with Crippen molar-refractivity contribution in [3.63, 3.8) is 0 Å². The molecule has 1 aliphatic heterocycles. The third kappa shape index (κ3) is 11.6. The van der Waals surface area contributed by atoms with Gasteiger partial charge in [0.2, 0.25) is 0 Å². The van der Waals surface area contributed by atoms with Crippen LogP contribution >= 0.6 is 7.82 Å². The van der Waals surface area contributed by atoms with Crippen LogP contribution in [0.5, 0.6) is 0 Å². The highest BCUT2D eigenvalue weighted by atomic mass is 31.2. The summed E-state index contributed by atoms with van der Waals surface area (Å²) >= 11 is 0. The lowest BCUT2D eigenvalue weighted by molar-refractivity contribution is -0.146. The summed E-state index contributed by atoms with van der Waals surface area (Å²) in [6, 6.07) is 0. The van der Waals surface area contributed by atoms with E-state index in [-0.39, 0.29) is 6.42 Å². The number of hydrogen-bond acceptors (Lipinski definition) is 7. The van der Waals surface area contributed by atoms with Crippen LogP contribution in [0.1, 0.15) is 33.6 Å². The smallest absolute Gasteiger partial charge is 0.458 e. The van der Waals surface area contributed by atoms with Crippen LogP contribution in [0.4, 0.5) is 0 Å². The molecule has 0 aromatic heterocycles. The minimum atomic E-state index is -4.99. The molecule has 31 heavy (non-hydrogen) atoms. The molecule has 1 rings (SSSR count). The van der Waals surface area contributed by atoms with Crippen LogP contribution < -0.4 is 0 Å². The van der Waals surface area contributed by atoms with Gasteiger partial charge in [-0.2, -0.15) is 0 Å². The summed E-state index contributed by atoms with van der Waals surface area (Å²) in [7, 11) is -4.99. The molecular formula is C21H29O9P. The van der Waals surface area contributed by atoms with Crippen molar-refractivity contribution in [1.82, 2.24) is 0 Å². The van der Waals surface area contributed by atoms with Gasteiger partial charge in [-0.1, -0.05) is 42.5 Å².